The van der Waals surface area contributed by atoms with Crippen LogP contribution in [0.2, 0.25) is 0 Å². The molecular weight excluding hydrogens is 661 g/mol. The molecule has 0 aliphatic carbocycles. The number of hydrogen-bond acceptors (Lipinski definition) is 2. The molecule has 12 rings (SSSR count). The van der Waals surface area contributed by atoms with Gasteiger partial charge in [-0.1, -0.05) is 109 Å². The number of rotatable bonds is 4. The minimum Gasteiger partial charge on any atom is -0.439 e. The second-order valence-corrected chi connectivity index (χ2v) is 14.0. The number of pyridine rings is 1. The van der Waals surface area contributed by atoms with Crippen molar-refractivity contribution in [1.29, 1.82) is 0 Å². The maximum atomic E-state index is 6.87. The topological polar surface area (TPSA) is 40.8 Å². The van der Waals surface area contributed by atoms with Crippen LogP contribution < -0.4 is 0 Å². The van der Waals surface area contributed by atoms with Crippen LogP contribution in [0.25, 0.3) is 105 Å². The molecule has 0 radical (unpaired) electrons. The molecule has 0 spiro atoms. The molecule has 5 aromatic heterocycles. The van der Waals surface area contributed by atoms with Crippen LogP contribution in [0, 0.1) is 0 Å². The fraction of sp³-hybridized carbons (Fsp3) is 0. The fourth-order valence-corrected chi connectivity index (χ4v) is 8.82. The van der Waals surface area contributed by atoms with Gasteiger partial charge in [0.2, 0.25) is 5.88 Å². The Morgan fingerprint density at radius 3 is 1.39 bits per heavy atom. The van der Waals surface area contributed by atoms with E-state index in [0.29, 0.717) is 0 Å². The number of benzene rings is 7. The number of nitrogens with zero attached hydrogens (tertiary/aromatic N) is 4. The Bertz CT molecular complexity index is 3340. The van der Waals surface area contributed by atoms with Crippen LogP contribution in [0.4, 0.5) is 0 Å². The van der Waals surface area contributed by atoms with Gasteiger partial charge in [-0.15, -0.1) is 0 Å². The predicted molar refractivity (Wildman–Crippen MR) is 222 cm³/mol. The lowest BCUT2D eigenvalue weighted by atomic mass is 10.1. The smallest absolute Gasteiger partial charge is 0.213 e. The molecule has 5 heteroatoms. The Balaban J connectivity index is 1.08. The monoisotopic (exact) mass is 690 g/mol. The molecule has 12 aromatic rings. The van der Waals surface area contributed by atoms with E-state index in [1.807, 2.05) is 12.3 Å². The van der Waals surface area contributed by atoms with Gasteiger partial charge in [0, 0.05) is 55.2 Å². The average Bonchev–Trinajstić information content (AvgIpc) is 3.97. The number of para-hydroxylation sites is 6. The minimum atomic E-state index is 0.776. The van der Waals surface area contributed by atoms with Crippen molar-refractivity contribution >= 4 is 76.4 Å². The standard InChI is InChI=1S/C49H30N4O/c1-7-19-40-33(13-1)34-14-2-8-20-41(34)51(40)32-26-27-45-39(29-32)37-17-5-11-23-44(37)53(45)49-48(38-18-6-12-24-46(38)54-49)31-25-28-47(50-30-31)52-42-21-9-3-15-35(42)36-16-4-10-22-43(36)52/h1-30H. The lowest BCUT2D eigenvalue weighted by molar-refractivity contribution is 0.591. The number of fused-ring (bicyclic) bond motifs is 10. The maximum absolute atomic E-state index is 6.87. The molecule has 0 aliphatic heterocycles. The highest BCUT2D eigenvalue weighted by Crippen LogP contribution is 2.43. The van der Waals surface area contributed by atoms with E-state index in [-0.39, 0.29) is 0 Å². The van der Waals surface area contributed by atoms with Gasteiger partial charge in [0.15, 0.2) is 0 Å². The molecule has 54 heavy (non-hydrogen) atoms. The van der Waals surface area contributed by atoms with Crippen molar-refractivity contribution in [3.05, 3.63) is 182 Å². The molecule has 0 atom stereocenters. The summed E-state index contributed by atoms with van der Waals surface area (Å²) in [7, 11) is 0. The van der Waals surface area contributed by atoms with E-state index in [1.54, 1.807) is 0 Å². The Morgan fingerprint density at radius 2 is 0.833 bits per heavy atom. The first-order chi connectivity index (χ1) is 26.8. The molecule has 0 bridgehead atoms. The minimum absolute atomic E-state index is 0.776. The van der Waals surface area contributed by atoms with Gasteiger partial charge in [0.05, 0.1) is 38.7 Å². The van der Waals surface area contributed by atoms with Gasteiger partial charge >= 0.3 is 0 Å². The van der Waals surface area contributed by atoms with Crippen LogP contribution in [0.1, 0.15) is 0 Å². The van der Waals surface area contributed by atoms with E-state index in [0.717, 1.165) is 66.9 Å². The van der Waals surface area contributed by atoms with Crippen LogP contribution >= 0.6 is 0 Å². The van der Waals surface area contributed by atoms with E-state index < -0.39 is 0 Å². The van der Waals surface area contributed by atoms with Gasteiger partial charge in [0.25, 0.3) is 0 Å². The molecule has 0 saturated heterocycles. The third kappa shape index (κ3) is 4.01. The van der Waals surface area contributed by atoms with E-state index in [2.05, 4.69) is 184 Å². The SMILES string of the molecule is c1ccc2c(-c3ccc(-n4c5ccccc5c5ccccc54)nc3)c(-n3c4ccccc4c4cc(-n5c6ccccc6c6ccccc65)ccc43)oc2c1. The average molecular weight is 691 g/mol. The number of furan rings is 1. The molecule has 7 aromatic carbocycles. The zero-order valence-corrected chi connectivity index (χ0v) is 29.0. The van der Waals surface area contributed by atoms with E-state index in [9.17, 15) is 0 Å². The lowest BCUT2D eigenvalue weighted by Gasteiger charge is -2.11. The molecule has 5 heterocycles. The second kappa shape index (κ2) is 11.1. The molecule has 252 valence electrons. The quantitative estimate of drug-likeness (QED) is 0.184. The summed E-state index contributed by atoms with van der Waals surface area (Å²) < 4.78 is 13.8. The normalized spacial score (nSPS) is 12.1. The van der Waals surface area contributed by atoms with E-state index in [4.69, 9.17) is 9.40 Å². The molecule has 0 unspecified atom stereocenters. The maximum Gasteiger partial charge on any atom is 0.213 e. The first-order valence-corrected chi connectivity index (χ1v) is 18.3. The van der Waals surface area contributed by atoms with Gasteiger partial charge in [-0.2, -0.15) is 0 Å². The summed E-state index contributed by atoms with van der Waals surface area (Å²) in [5.74, 6) is 1.65. The molecular formula is C49H30N4O. The Kier molecular flexibility index (Phi) is 5.99. The van der Waals surface area contributed by atoms with E-state index >= 15 is 0 Å². The Morgan fingerprint density at radius 1 is 0.370 bits per heavy atom. The highest BCUT2D eigenvalue weighted by molar-refractivity contribution is 6.13. The largest absolute Gasteiger partial charge is 0.439 e. The van der Waals surface area contributed by atoms with Crippen molar-refractivity contribution in [2.45, 2.75) is 0 Å². The molecule has 0 saturated carbocycles. The van der Waals surface area contributed by atoms with Gasteiger partial charge in [-0.25, -0.2) is 4.98 Å². The Labute approximate surface area is 309 Å². The van der Waals surface area contributed by atoms with Crippen molar-refractivity contribution in [3.8, 4) is 28.5 Å². The van der Waals surface area contributed by atoms with Crippen molar-refractivity contribution < 1.29 is 4.42 Å². The van der Waals surface area contributed by atoms with Crippen LogP contribution in [0.5, 0.6) is 0 Å². The van der Waals surface area contributed by atoms with Crippen LogP contribution in [0.3, 0.4) is 0 Å². The number of hydrogen-bond donors (Lipinski definition) is 0. The highest BCUT2D eigenvalue weighted by Gasteiger charge is 2.23. The Hall–Kier alpha value is -7.37. The van der Waals surface area contributed by atoms with Crippen molar-refractivity contribution in [3.63, 3.8) is 0 Å². The third-order valence-electron chi connectivity index (χ3n) is 11.1. The second-order valence-electron chi connectivity index (χ2n) is 14.0. The summed E-state index contributed by atoms with van der Waals surface area (Å²) in [6.45, 7) is 0. The number of aromatic nitrogens is 4. The van der Waals surface area contributed by atoms with Gasteiger partial charge < -0.3 is 8.98 Å². The van der Waals surface area contributed by atoms with Gasteiger partial charge in [-0.05, 0) is 66.7 Å². The fourth-order valence-electron chi connectivity index (χ4n) is 8.82. The summed E-state index contributed by atoms with van der Waals surface area (Å²) in [6.07, 6.45) is 1.99. The molecule has 0 aliphatic rings. The summed E-state index contributed by atoms with van der Waals surface area (Å²) in [5, 5.41) is 8.31. The molecule has 0 amide bonds. The summed E-state index contributed by atoms with van der Waals surface area (Å²) in [5.41, 5.74) is 10.8. The lowest BCUT2D eigenvalue weighted by Crippen LogP contribution is -1.98. The summed E-state index contributed by atoms with van der Waals surface area (Å²) in [4.78, 5) is 5.13. The molecule has 0 fully saturated rings. The molecule has 0 N–H and O–H groups in total. The third-order valence-corrected chi connectivity index (χ3v) is 11.1. The van der Waals surface area contributed by atoms with Crippen LogP contribution in [0.15, 0.2) is 187 Å². The first-order valence-electron chi connectivity index (χ1n) is 18.3. The van der Waals surface area contributed by atoms with Crippen LogP contribution in [-0.4, -0.2) is 18.7 Å². The zero-order chi connectivity index (χ0) is 35.3. The molecule has 5 nitrogen and oxygen atoms in total. The van der Waals surface area contributed by atoms with Crippen molar-refractivity contribution in [1.82, 2.24) is 18.7 Å². The zero-order valence-electron chi connectivity index (χ0n) is 29.0. The first kappa shape index (κ1) is 29.2. The predicted octanol–water partition coefficient (Wildman–Crippen LogP) is 12.8. The summed E-state index contributed by atoms with van der Waals surface area (Å²) in [6, 6.07) is 62.5. The highest BCUT2D eigenvalue weighted by atomic mass is 16.4. The van der Waals surface area contributed by atoms with Gasteiger partial charge in [-0.3, -0.25) is 9.13 Å². The van der Waals surface area contributed by atoms with Gasteiger partial charge in [0.1, 0.15) is 11.4 Å². The van der Waals surface area contributed by atoms with Crippen LogP contribution in [-0.2, 0) is 0 Å². The summed E-state index contributed by atoms with van der Waals surface area (Å²) >= 11 is 0. The van der Waals surface area contributed by atoms with E-state index in [1.165, 1.54) is 38.0 Å². The van der Waals surface area contributed by atoms with Crippen molar-refractivity contribution in [2.24, 2.45) is 0 Å². The van der Waals surface area contributed by atoms with Crippen molar-refractivity contribution in [2.75, 3.05) is 0 Å².